The Morgan fingerprint density at radius 1 is 1.54 bits per heavy atom. The van der Waals surface area contributed by atoms with E-state index in [1.54, 1.807) is 13.0 Å². The van der Waals surface area contributed by atoms with Crippen molar-refractivity contribution in [3.8, 4) is 0 Å². The molecule has 2 N–H and O–H groups in total. The normalized spacial score (nSPS) is 13.5. The number of rotatable bonds is 2. The zero-order valence-electron chi connectivity index (χ0n) is 7.04. The van der Waals surface area contributed by atoms with Crippen molar-refractivity contribution in [1.82, 2.24) is 0 Å². The van der Waals surface area contributed by atoms with E-state index in [9.17, 15) is 4.39 Å². The Hall–Kier alpha value is -1.00. The molecule has 0 saturated carbocycles. The molecule has 1 atom stereocenters. The van der Waals surface area contributed by atoms with Crippen LogP contribution in [-0.4, -0.2) is 6.17 Å². The smallest absolute Gasteiger partial charge is 0.144 e. The van der Waals surface area contributed by atoms with Gasteiger partial charge in [0.2, 0.25) is 0 Å². The van der Waals surface area contributed by atoms with Crippen molar-refractivity contribution in [2.24, 2.45) is 16.0 Å². The summed E-state index contributed by atoms with van der Waals surface area (Å²) in [7, 11) is 0. The Labute approximate surface area is 80.4 Å². The van der Waals surface area contributed by atoms with E-state index in [0.717, 1.165) is 0 Å². The lowest BCUT2D eigenvalue weighted by molar-refractivity contribution is 0.628. The molecule has 1 aromatic rings. The second-order valence-electron chi connectivity index (χ2n) is 2.55. The van der Waals surface area contributed by atoms with Gasteiger partial charge in [-0.05, 0) is 19.1 Å². The van der Waals surface area contributed by atoms with E-state index >= 15 is 0 Å². The van der Waals surface area contributed by atoms with E-state index in [1.807, 2.05) is 0 Å². The molecule has 5 heteroatoms. The molecule has 13 heavy (non-hydrogen) atoms. The molecule has 0 aliphatic carbocycles. The molecule has 1 aromatic carbocycles. The number of nitrogens with two attached hydrogens (primary N) is 1. The Balaban J connectivity index is 2.85. The van der Waals surface area contributed by atoms with E-state index in [-0.39, 0.29) is 5.02 Å². The Morgan fingerprint density at radius 3 is 2.77 bits per heavy atom. The summed E-state index contributed by atoms with van der Waals surface area (Å²) in [6, 6.07) is 4.19. The van der Waals surface area contributed by atoms with Gasteiger partial charge in [0.25, 0.3) is 0 Å². The summed E-state index contributed by atoms with van der Waals surface area (Å²) < 4.78 is 12.8. The van der Waals surface area contributed by atoms with Crippen molar-refractivity contribution in [3.05, 3.63) is 29.0 Å². The van der Waals surface area contributed by atoms with E-state index in [1.165, 1.54) is 12.1 Å². The average Bonchev–Trinajstić information content (AvgIpc) is 2.07. The summed E-state index contributed by atoms with van der Waals surface area (Å²) in [5, 5.41) is 7.44. The van der Waals surface area contributed by atoms with E-state index in [4.69, 9.17) is 17.3 Å². The van der Waals surface area contributed by atoms with Gasteiger partial charge in [-0.15, -0.1) is 0 Å². The van der Waals surface area contributed by atoms with Gasteiger partial charge in [-0.3, -0.25) is 0 Å². The fourth-order valence-electron chi connectivity index (χ4n) is 0.705. The van der Waals surface area contributed by atoms with Crippen LogP contribution in [0.2, 0.25) is 5.02 Å². The van der Waals surface area contributed by atoms with Crippen molar-refractivity contribution in [3.63, 3.8) is 0 Å². The van der Waals surface area contributed by atoms with Crippen LogP contribution in [0.15, 0.2) is 28.4 Å². The van der Waals surface area contributed by atoms with Crippen molar-refractivity contribution < 1.29 is 4.39 Å². The van der Waals surface area contributed by atoms with E-state index < -0.39 is 12.0 Å². The molecule has 70 valence electrons. The molecule has 3 nitrogen and oxygen atoms in total. The van der Waals surface area contributed by atoms with Crippen molar-refractivity contribution >= 4 is 17.3 Å². The molecule has 0 fully saturated rings. The third kappa shape index (κ3) is 3.08. The van der Waals surface area contributed by atoms with Crippen LogP contribution in [0.5, 0.6) is 0 Å². The maximum atomic E-state index is 12.8. The van der Waals surface area contributed by atoms with Crippen LogP contribution in [0.3, 0.4) is 0 Å². The minimum atomic E-state index is -0.511. The topological polar surface area (TPSA) is 50.7 Å². The Kier molecular flexibility index (Phi) is 3.33. The van der Waals surface area contributed by atoms with Gasteiger partial charge in [0, 0.05) is 6.07 Å². The molecule has 0 amide bonds. The minimum Gasteiger partial charge on any atom is -0.308 e. The predicted molar refractivity (Wildman–Crippen MR) is 49.6 cm³/mol. The highest BCUT2D eigenvalue weighted by Gasteiger charge is 1.99. The number of hydrogen-bond acceptors (Lipinski definition) is 3. The maximum Gasteiger partial charge on any atom is 0.144 e. The highest BCUT2D eigenvalue weighted by atomic mass is 35.5. The lowest BCUT2D eigenvalue weighted by Gasteiger charge is -1.96. The summed E-state index contributed by atoms with van der Waals surface area (Å²) in [5.41, 5.74) is 5.73. The molecule has 0 aromatic heterocycles. The lowest BCUT2D eigenvalue weighted by atomic mass is 10.3. The van der Waals surface area contributed by atoms with Gasteiger partial charge < -0.3 is 5.73 Å². The first-order chi connectivity index (χ1) is 6.09. The number of azo groups is 1. The van der Waals surface area contributed by atoms with Crippen molar-refractivity contribution in [2.45, 2.75) is 13.1 Å². The van der Waals surface area contributed by atoms with Gasteiger partial charge in [0.15, 0.2) is 0 Å². The molecular formula is C8H9ClFN3. The standard InChI is InChI=1S/C8H9ClFN3/c1-5(11)12-13-6-2-3-7(9)8(10)4-6/h2-5H,11H2,1H3. The van der Waals surface area contributed by atoms with Gasteiger partial charge >= 0.3 is 0 Å². The van der Waals surface area contributed by atoms with Crippen LogP contribution >= 0.6 is 11.6 Å². The molecule has 0 aliphatic heterocycles. The zero-order chi connectivity index (χ0) is 9.84. The van der Waals surface area contributed by atoms with Gasteiger partial charge in [0.1, 0.15) is 12.0 Å². The van der Waals surface area contributed by atoms with Gasteiger partial charge in [-0.1, -0.05) is 11.6 Å². The summed E-state index contributed by atoms with van der Waals surface area (Å²) in [6.45, 7) is 1.68. The van der Waals surface area contributed by atoms with Crippen LogP contribution in [-0.2, 0) is 0 Å². The molecule has 0 radical (unpaired) electrons. The highest BCUT2D eigenvalue weighted by molar-refractivity contribution is 6.30. The third-order valence-electron chi connectivity index (χ3n) is 1.26. The second kappa shape index (κ2) is 4.30. The molecule has 0 spiro atoms. The summed E-state index contributed by atoms with van der Waals surface area (Å²) in [6.07, 6.45) is -0.390. The monoisotopic (exact) mass is 201 g/mol. The second-order valence-corrected chi connectivity index (χ2v) is 2.96. The maximum absolute atomic E-state index is 12.8. The van der Waals surface area contributed by atoms with Gasteiger partial charge in [0.05, 0.1) is 10.7 Å². The summed E-state index contributed by atoms with van der Waals surface area (Å²) in [4.78, 5) is 0. The molecular weight excluding hydrogens is 193 g/mol. The fourth-order valence-corrected chi connectivity index (χ4v) is 0.823. The summed E-state index contributed by atoms with van der Waals surface area (Å²) in [5.74, 6) is -0.511. The summed E-state index contributed by atoms with van der Waals surface area (Å²) >= 11 is 5.47. The largest absolute Gasteiger partial charge is 0.308 e. The minimum absolute atomic E-state index is 0.0692. The lowest BCUT2D eigenvalue weighted by Crippen LogP contribution is -2.09. The SMILES string of the molecule is CC(N)N=Nc1ccc(Cl)c(F)c1. The Morgan fingerprint density at radius 2 is 2.23 bits per heavy atom. The van der Waals surface area contributed by atoms with Crippen molar-refractivity contribution in [1.29, 1.82) is 0 Å². The van der Waals surface area contributed by atoms with Gasteiger partial charge in [-0.2, -0.15) is 10.2 Å². The van der Waals surface area contributed by atoms with E-state index in [2.05, 4.69) is 10.2 Å². The van der Waals surface area contributed by atoms with Crippen LogP contribution in [0.1, 0.15) is 6.92 Å². The molecule has 1 unspecified atom stereocenters. The molecule has 0 bridgehead atoms. The number of hydrogen-bond donors (Lipinski definition) is 1. The zero-order valence-corrected chi connectivity index (χ0v) is 7.79. The van der Waals surface area contributed by atoms with Crippen LogP contribution in [0.4, 0.5) is 10.1 Å². The van der Waals surface area contributed by atoms with E-state index in [0.29, 0.717) is 5.69 Å². The third-order valence-corrected chi connectivity index (χ3v) is 1.57. The van der Waals surface area contributed by atoms with Crippen molar-refractivity contribution in [2.75, 3.05) is 0 Å². The molecule has 0 saturated heterocycles. The predicted octanol–water partition coefficient (Wildman–Crippen LogP) is 2.87. The molecule has 0 heterocycles. The average molecular weight is 202 g/mol. The molecule has 0 aliphatic rings. The van der Waals surface area contributed by atoms with Crippen LogP contribution < -0.4 is 5.73 Å². The van der Waals surface area contributed by atoms with Crippen LogP contribution in [0, 0.1) is 5.82 Å². The fraction of sp³-hybridized carbons (Fsp3) is 0.250. The first-order valence-corrected chi connectivity index (χ1v) is 4.09. The number of halogens is 2. The molecule has 1 rings (SSSR count). The number of benzene rings is 1. The first kappa shape index (κ1) is 10.1. The highest BCUT2D eigenvalue weighted by Crippen LogP contribution is 2.20. The van der Waals surface area contributed by atoms with Gasteiger partial charge in [-0.25, -0.2) is 4.39 Å². The number of nitrogens with zero attached hydrogens (tertiary/aromatic N) is 2. The van der Waals surface area contributed by atoms with Crippen LogP contribution in [0.25, 0.3) is 0 Å². The Bertz CT molecular complexity index is 325. The first-order valence-electron chi connectivity index (χ1n) is 3.71. The quantitative estimate of drug-likeness (QED) is 0.735.